The summed E-state index contributed by atoms with van der Waals surface area (Å²) in [7, 11) is 3.11. The fraction of sp³-hybridized carbons (Fsp3) is 0.182. The van der Waals surface area contributed by atoms with Crippen LogP contribution in [0.15, 0.2) is 64.9 Å². The lowest BCUT2D eigenvalue weighted by molar-refractivity contribution is -0.115. The number of amides is 2. The molecule has 30 heavy (non-hydrogen) atoms. The average molecular weight is 443 g/mol. The van der Waals surface area contributed by atoms with E-state index in [9.17, 15) is 9.59 Å². The quantitative estimate of drug-likeness (QED) is 0.473. The molecule has 0 aliphatic carbocycles. The summed E-state index contributed by atoms with van der Waals surface area (Å²) >= 11 is 2.79. The predicted octanol–water partition coefficient (Wildman–Crippen LogP) is 5.14. The van der Waals surface area contributed by atoms with Crippen molar-refractivity contribution < 1.29 is 19.1 Å². The SMILES string of the molecule is COc1ccc(NC(=O)C(C)Sc2cccc(NC(=O)c3cccs3)c2)c(OC)c1. The van der Waals surface area contributed by atoms with Gasteiger partial charge in [-0.25, -0.2) is 0 Å². The van der Waals surface area contributed by atoms with Crippen LogP contribution < -0.4 is 20.1 Å². The number of hydrogen-bond acceptors (Lipinski definition) is 6. The van der Waals surface area contributed by atoms with Crippen LogP contribution in [-0.4, -0.2) is 31.3 Å². The second-order valence-electron chi connectivity index (χ2n) is 6.27. The van der Waals surface area contributed by atoms with E-state index in [1.807, 2.05) is 42.6 Å². The van der Waals surface area contributed by atoms with E-state index in [0.717, 1.165) is 4.90 Å². The number of methoxy groups -OCH3 is 2. The summed E-state index contributed by atoms with van der Waals surface area (Å²) in [6.45, 7) is 1.83. The highest BCUT2D eigenvalue weighted by molar-refractivity contribution is 8.00. The van der Waals surface area contributed by atoms with Crippen LogP contribution in [0.2, 0.25) is 0 Å². The molecule has 2 N–H and O–H groups in total. The van der Waals surface area contributed by atoms with Crippen molar-refractivity contribution >= 4 is 46.3 Å². The summed E-state index contributed by atoms with van der Waals surface area (Å²) in [5.41, 5.74) is 1.26. The van der Waals surface area contributed by atoms with Crippen LogP contribution in [0.4, 0.5) is 11.4 Å². The van der Waals surface area contributed by atoms with Gasteiger partial charge in [0.25, 0.3) is 5.91 Å². The second-order valence-corrected chi connectivity index (χ2v) is 8.64. The van der Waals surface area contributed by atoms with Gasteiger partial charge in [0.05, 0.1) is 30.0 Å². The van der Waals surface area contributed by atoms with Crippen LogP contribution in [0.25, 0.3) is 0 Å². The first-order chi connectivity index (χ1) is 14.5. The standard InChI is InChI=1S/C22H22N2O4S2/c1-14(21(25)24-18-10-9-16(27-2)13-19(18)28-3)30-17-7-4-6-15(12-17)23-22(26)20-8-5-11-29-20/h4-14H,1-3H3,(H,23,26)(H,24,25). The number of benzene rings is 2. The number of nitrogens with one attached hydrogen (secondary N) is 2. The largest absolute Gasteiger partial charge is 0.497 e. The van der Waals surface area contributed by atoms with Crippen molar-refractivity contribution in [1.29, 1.82) is 0 Å². The van der Waals surface area contributed by atoms with Gasteiger partial charge in [-0.15, -0.1) is 23.1 Å². The maximum atomic E-state index is 12.7. The van der Waals surface area contributed by atoms with Gasteiger partial charge < -0.3 is 20.1 Å². The van der Waals surface area contributed by atoms with Crippen molar-refractivity contribution in [2.75, 3.05) is 24.9 Å². The summed E-state index contributed by atoms with van der Waals surface area (Å²) in [5.74, 6) is 0.868. The minimum absolute atomic E-state index is 0.149. The first kappa shape index (κ1) is 21.7. The number of rotatable bonds is 8. The van der Waals surface area contributed by atoms with Gasteiger partial charge in [0.15, 0.2) is 0 Å². The molecule has 3 rings (SSSR count). The zero-order valence-electron chi connectivity index (χ0n) is 16.8. The predicted molar refractivity (Wildman–Crippen MR) is 122 cm³/mol. The topological polar surface area (TPSA) is 76.7 Å². The molecule has 156 valence electrons. The van der Waals surface area contributed by atoms with E-state index >= 15 is 0 Å². The van der Waals surface area contributed by atoms with Crippen molar-refractivity contribution in [2.45, 2.75) is 17.1 Å². The first-order valence-corrected chi connectivity index (χ1v) is 10.9. The zero-order chi connectivity index (χ0) is 21.5. The summed E-state index contributed by atoms with van der Waals surface area (Å²) in [6, 6.07) is 16.3. The minimum Gasteiger partial charge on any atom is -0.497 e. The Morgan fingerprint density at radius 2 is 1.83 bits per heavy atom. The second kappa shape index (κ2) is 10.2. The molecule has 0 bridgehead atoms. The Hall–Kier alpha value is -2.97. The first-order valence-electron chi connectivity index (χ1n) is 9.14. The van der Waals surface area contributed by atoms with Crippen molar-refractivity contribution in [3.05, 3.63) is 64.9 Å². The number of thiophene rings is 1. The Labute approximate surface area is 183 Å². The fourth-order valence-corrected chi connectivity index (χ4v) is 4.19. The Balaban J connectivity index is 1.63. The lowest BCUT2D eigenvalue weighted by Crippen LogP contribution is -2.22. The highest BCUT2D eigenvalue weighted by Gasteiger charge is 2.17. The minimum atomic E-state index is -0.361. The monoisotopic (exact) mass is 442 g/mol. The summed E-state index contributed by atoms with van der Waals surface area (Å²) < 4.78 is 10.5. The number of thioether (sulfide) groups is 1. The molecule has 0 spiro atoms. The van der Waals surface area contributed by atoms with Gasteiger partial charge in [0, 0.05) is 16.6 Å². The fourth-order valence-electron chi connectivity index (χ4n) is 2.64. The zero-order valence-corrected chi connectivity index (χ0v) is 18.4. The van der Waals surface area contributed by atoms with Crippen LogP contribution >= 0.6 is 23.1 Å². The van der Waals surface area contributed by atoms with E-state index in [4.69, 9.17) is 9.47 Å². The maximum absolute atomic E-state index is 12.7. The van der Waals surface area contributed by atoms with Gasteiger partial charge in [0.2, 0.25) is 5.91 Å². The van der Waals surface area contributed by atoms with E-state index in [2.05, 4.69) is 10.6 Å². The maximum Gasteiger partial charge on any atom is 0.265 e. The molecule has 1 aromatic heterocycles. The highest BCUT2D eigenvalue weighted by atomic mass is 32.2. The van der Waals surface area contributed by atoms with Gasteiger partial charge in [-0.3, -0.25) is 9.59 Å². The molecule has 8 heteroatoms. The van der Waals surface area contributed by atoms with E-state index in [0.29, 0.717) is 27.8 Å². The number of ether oxygens (including phenoxy) is 2. The molecule has 6 nitrogen and oxygen atoms in total. The molecule has 2 aromatic carbocycles. The Morgan fingerprint density at radius 1 is 1.00 bits per heavy atom. The smallest absolute Gasteiger partial charge is 0.265 e. The normalized spacial score (nSPS) is 11.4. The summed E-state index contributed by atoms with van der Waals surface area (Å²) in [5, 5.41) is 7.27. The Morgan fingerprint density at radius 3 is 2.53 bits per heavy atom. The van der Waals surface area contributed by atoms with E-state index in [1.165, 1.54) is 23.1 Å². The lowest BCUT2D eigenvalue weighted by atomic mass is 10.2. The molecular weight excluding hydrogens is 420 g/mol. The van der Waals surface area contributed by atoms with Crippen molar-refractivity contribution in [3.63, 3.8) is 0 Å². The Bertz CT molecular complexity index is 1020. The van der Waals surface area contributed by atoms with Crippen LogP contribution in [-0.2, 0) is 4.79 Å². The van der Waals surface area contributed by atoms with Crippen LogP contribution in [0.5, 0.6) is 11.5 Å². The number of carbonyl (C=O) groups excluding carboxylic acids is 2. The molecule has 1 heterocycles. The van der Waals surface area contributed by atoms with Gasteiger partial charge in [-0.2, -0.15) is 0 Å². The molecule has 0 saturated carbocycles. The summed E-state index contributed by atoms with van der Waals surface area (Å²) in [6.07, 6.45) is 0. The lowest BCUT2D eigenvalue weighted by Gasteiger charge is -2.15. The van der Waals surface area contributed by atoms with Crippen LogP contribution in [0, 0.1) is 0 Å². The molecule has 0 aliphatic rings. The van der Waals surface area contributed by atoms with E-state index in [-0.39, 0.29) is 17.1 Å². The molecular formula is C22H22N2O4S2. The third-order valence-electron chi connectivity index (χ3n) is 4.19. The van der Waals surface area contributed by atoms with E-state index < -0.39 is 0 Å². The van der Waals surface area contributed by atoms with Crippen molar-refractivity contribution in [2.24, 2.45) is 0 Å². The van der Waals surface area contributed by atoms with Gasteiger partial charge in [-0.05, 0) is 48.7 Å². The van der Waals surface area contributed by atoms with E-state index in [1.54, 1.807) is 38.5 Å². The molecule has 1 unspecified atom stereocenters. The molecule has 0 aliphatic heterocycles. The Kier molecular flexibility index (Phi) is 7.37. The number of hydrogen-bond donors (Lipinski definition) is 2. The molecule has 3 aromatic rings. The third-order valence-corrected chi connectivity index (χ3v) is 6.15. The molecule has 2 amide bonds. The molecule has 0 radical (unpaired) electrons. The highest BCUT2D eigenvalue weighted by Crippen LogP contribution is 2.31. The number of carbonyl (C=O) groups is 2. The van der Waals surface area contributed by atoms with Gasteiger partial charge in [0.1, 0.15) is 11.5 Å². The molecule has 0 saturated heterocycles. The van der Waals surface area contributed by atoms with Gasteiger partial charge >= 0.3 is 0 Å². The van der Waals surface area contributed by atoms with Crippen LogP contribution in [0.3, 0.4) is 0 Å². The summed E-state index contributed by atoms with van der Waals surface area (Å²) in [4.78, 5) is 26.4. The van der Waals surface area contributed by atoms with Crippen molar-refractivity contribution in [1.82, 2.24) is 0 Å². The van der Waals surface area contributed by atoms with Gasteiger partial charge in [-0.1, -0.05) is 12.1 Å². The van der Waals surface area contributed by atoms with Crippen molar-refractivity contribution in [3.8, 4) is 11.5 Å². The van der Waals surface area contributed by atoms with Crippen LogP contribution in [0.1, 0.15) is 16.6 Å². The molecule has 0 fully saturated rings. The average Bonchev–Trinajstić information content (AvgIpc) is 3.29. The third kappa shape index (κ3) is 5.55. The number of anilines is 2. The molecule has 1 atom stereocenters.